The molecule has 0 saturated carbocycles. The zero-order valence-electron chi connectivity index (χ0n) is 13.8. The van der Waals surface area contributed by atoms with Crippen molar-refractivity contribution in [2.24, 2.45) is 17.4 Å². The highest BCUT2D eigenvalue weighted by molar-refractivity contribution is 5.92. The number of aliphatic hydroxyl groups is 1. The molecule has 0 aromatic rings. The molecule has 0 saturated heterocycles. The number of aliphatic hydroxyl groups excluding tert-OH is 1. The molecule has 0 rings (SSSR count). The number of carbonyl (C=O) groups is 4. The molecule has 10 nitrogen and oxygen atoms in total. The Bertz CT molecular complexity index is 468. The number of amides is 3. The highest BCUT2D eigenvalue weighted by Crippen LogP contribution is 2.05. The molecule has 0 aliphatic carbocycles. The summed E-state index contributed by atoms with van der Waals surface area (Å²) in [6.45, 7) is 2.87. The number of hydrogen-bond donors (Lipinski definition) is 6. The summed E-state index contributed by atoms with van der Waals surface area (Å²) in [5.74, 6) is -3.39. The van der Waals surface area contributed by atoms with E-state index in [9.17, 15) is 24.3 Å². The van der Waals surface area contributed by atoms with E-state index in [1.165, 1.54) is 0 Å². The smallest absolute Gasteiger partial charge is 0.326 e. The molecule has 3 atom stereocenters. The molecule has 0 heterocycles. The normalized spacial score (nSPS) is 14.5. The number of carboxylic acids is 1. The van der Waals surface area contributed by atoms with Gasteiger partial charge in [-0.05, 0) is 18.8 Å². The van der Waals surface area contributed by atoms with E-state index in [0.717, 1.165) is 0 Å². The van der Waals surface area contributed by atoms with Gasteiger partial charge in [-0.3, -0.25) is 14.4 Å². The average Bonchev–Trinajstić information content (AvgIpc) is 2.48. The first kappa shape index (κ1) is 21.8. The second-order valence-corrected chi connectivity index (χ2v) is 5.88. The maximum absolute atomic E-state index is 12.0. The maximum Gasteiger partial charge on any atom is 0.326 e. The molecule has 0 aliphatic heterocycles. The van der Waals surface area contributed by atoms with Crippen LogP contribution in [0.1, 0.15) is 33.1 Å². The largest absolute Gasteiger partial charge is 0.480 e. The molecule has 0 bridgehead atoms. The summed E-state index contributed by atoms with van der Waals surface area (Å²) in [4.78, 5) is 45.7. The number of primary amides is 1. The predicted molar refractivity (Wildman–Crippen MR) is 84.4 cm³/mol. The van der Waals surface area contributed by atoms with Crippen LogP contribution in [0.15, 0.2) is 0 Å². The number of aliphatic carboxylic acids is 1. The van der Waals surface area contributed by atoms with Crippen LogP contribution >= 0.6 is 0 Å². The van der Waals surface area contributed by atoms with Crippen LogP contribution in [-0.2, 0) is 19.2 Å². The standard InChI is InChI=1S/C14H26N4O6/c1-7(2)5-9(14(23)24)17-13(22)10(6-19)18-12(21)8(15)3-4-11(16)20/h7-10,19H,3-6,15H2,1-2H3,(H2,16,20)(H,17,22)(H,18,21)(H,23,24). The van der Waals surface area contributed by atoms with Gasteiger partial charge in [0.2, 0.25) is 17.7 Å². The van der Waals surface area contributed by atoms with E-state index in [2.05, 4.69) is 10.6 Å². The molecule has 10 heteroatoms. The SMILES string of the molecule is CC(C)CC(NC(=O)C(CO)NC(=O)C(N)CCC(N)=O)C(=O)O. The Hall–Kier alpha value is -2.20. The molecule has 0 fully saturated rings. The summed E-state index contributed by atoms with van der Waals surface area (Å²) in [5, 5.41) is 22.8. The molecular formula is C14H26N4O6. The first-order chi connectivity index (χ1) is 11.1. The fourth-order valence-corrected chi connectivity index (χ4v) is 1.87. The topological polar surface area (TPSA) is 185 Å². The molecule has 138 valence electrons. The lowest BCUT2D eigenvalue weighted by atomic mass is 10.0. The number of rotatable bonds is 11. The van der Waals surface area contributed by atoms with Crippen molar-refractivity contribution >= 4 is 23.7 Å². The van der Waals surface area contributed by atoms with Crippen LogP contribution in [0.4, 0.5) is 0 Å². The highest BCUT2D eigenvalue weighted by Gasteiger charge is 2.27. The third-order valence-corrected chi connectivity index (χ3v) is 3.18. The van der Waals surface area contributed by atoms with Gasteiger partial charge in [-0.25, -0.2) is 4.79 Å². The van der Waals surface area contributed by atoms with E-state index in [1.54, 1.807) is 13.8 Å². The third-order valence-electron chi connectivity index (χ3n) is 3.18. The zero-order valence-corrected chi connectivity index (χ0v) is 13.8. The van der Waals surface area contributed by atoms with Crippen molar-refractivity contribution in [3.05, 3.63) is 0 Å². The molecule has 0 spiro atoms. The Labute approximate surface area is 139 Å². The molecule has 0 aromatic carbocycles. The van der Waals surface area contributed by atoms with Crippen molar-refractivity contribution in [3.8, 4) is 0 Å². The van der Waals surface area contributed by atoms with E-state index in [-0.39, 0.29) is 25.2 Å². The molecule has 0 aromatic heterocycles. The summed E-state index contributed by atoms with van der Waals surface area (Å²) in [6.07, 6.45) is 0.0946. The highest BCUT2D eigenvalue weighted by atomic mass is 16.4. The van der Waals surface area contributed by atoms with Gasteiger partial charge in [-0.15, -0.1) is 0 Å². The Morgan fingerprint density at radius 3 is 2.00 bits per heavy atom. The lowest BCUT2D eigenvalue weighted by molar-refractivity contribution is -0.143. The predicted octanol–water partition coefficient (Wildman–Crippen LogP) is -2.33. The van der Waals surface area contributed by atoms with E-state index in [1.807, 2.05) is 0 Å². The van der Waals surface area contributed by atoms with Gasteiger partial charge in [0.1, 0.15) is 12.1 Å². The minimum atomic E-state index is -1.34. The fourth-order valence-electron chi connectivity index (χ4n) is 1.87. The van der Waals surface area contributed by atoms with Gasteiger partial charge in [-0.1, -0.05) is 13.8 Å². The quantitative estimate of drug-likeness (QED) is 0.242. The van der Waals surface area contributed by atoms with Gasteiger partial charge in [0.25, 0.3) is 0 Å². The van der Waals surface area contributed by atoms with E-state index in [4.69, 9.17) is 16.6 Å². The first-order valence-corrected chi connectivity index (χ1v) is 7.56. The fraction of sp³-hybridized carbons (Fsp3) is 0.714. The van der Waals surface area contributed by atoms with Crippen LogP contribution in [0, 0.1) is 5.92 Å². The second-order valence-electron chi connectivity index (χ2n) is 5.88. The van der Waals surface area contributed by atoms with E-state index in [0.29, 0.717) is 0 Å². The Morgan fingerprint density at radius 1 is 1.04 bits per heavy atom. The number of carboxylic acid groups (broad SMARTS) is 1. The molecule has 8 N–H and O–H groups in total. The van der Waals surface area contributed by atoms with E-state index >= 15 is 0 Å². The molecule has 24 heavy (non-hydrogen) atoms. The van der Waals surface area contributed by atoms with Gasteiger partial charge in [-0.2, -0.15) is 0 Å². The van der Waals surface area contributed by atoms with Crippen LogP contribution in [0.2, 0.25) is 0 Å². The lowest BCUT2D eigenvalue weighted by Crippen LogP contribution is -2.56. The number of hydrogen-bond acceptors (Lipinski definition) is 6. The van der Waals surface area contributed by atoms with E-state index < -0.39 is 48.4 Å². The van der Waals surface area contributed by atoms with Crippen LogP contribution in [0.3, 0.4) is 0 Å². The second kappa shape index (κ2) is 10.6. The summed E-state index contributed by atoms with van der Waals surface area (Å²) < 4.78 is 0. The van der Waals surface area contributed by atoms with Crippen LogP contribution in [0.25, 0.3) is 0 Å². The molecule has 0 aliphatic rings. The first-order valence-electron chi connectivity index (χ1n) is 7.56. The summed E-state index contributed by atoms with van der Waals surface area (Å²) in [7, 11) is 0. The van der Waals surface area contributed by atoms with Crippen molar-refractivity contribution in [1.82, 2.24) is 10.6 Å². The lowest BCUT2D eigenvalue weighted by Gasteiger charge is -2.22. The van der Waals surface area contributed by atoms with Crippen LogP contribution in [0.5, 0.6) is 0 Å². The van der Waals surface area contributed by atoms with Gasteiger partial charge >= 0.3 is 5.97 Å². The number of carbonyl (C=O) groups excluding carboxylic acids is 3. The van der Waals surface area contributed by atoms with Crippen LogP contribution in [-0.4, -0.2) is 58.6 Å². The minimum Gasteiger partial charge on any atom is -0.480 e. The number of nitrogens with two attached hydrogens (primary N) is 2. The van der Waals surface area contributed by atoms with Gasteiger partial charge in [0, 0.05) is 6.42 Å². The summed E-state index contributed by atoms with van der Waals surface area (Å²) in [6, 6.07) is -3.55. The summed E-state index contributed by atoms with van der Waals surface area (Å²) >= 11 is 0. The van der Waals surface area contributed by atoms with Crippen molar-refractivity contribution in [1.29, 1.82) is 0 Å². The molecule has 3 unspecified atom stereocenters. The zero-order chi connectivity index (χ0) is 18.9. The van der Waals surface area contributed by atoms with Crippen molar-refractivity contribution in [3.63, 3.8) is 0 Å². The monoisotopic (exact) mass is 346 g/mol. The van der Waals surface area contributed by atoms with Crippen molar-refractivity contribution in [2.45, 2.75) is 51.2 Å². The third kappa shape index (κ3) is 8.44. The maximum atomic E-state index is 12.0. The van der Waals surface area contributed by atoms with Gasteiger partial charge < -0.3 is 32.3 Å². The summed E-state index contributed by atoms with van der Waals surface area (Å²) in [5.41, 5.74) is 10.5. The Balaban J connectivity index is 4.70. The average molecular weight is 346 g/mol. The van der Waals surface area contributed by atoms with Crippen molar-refractivity contribution < 1.29 is 29.4 Å². The van der Waals surface area contributed by atoms with Gasteiger partial charge in [0.15, 0.2) is 0 Å². The Morgan fingerprint density at radius 2 is 1.58 bits per heavy atom. The minimum absolute atomic E-state index is 0.00790. The molecule has 0 radical (unpaired) electrons. The van der Waals surface area contributed by atoms with Crippen LogP contribution < -0.4 is 22.1 Å². The Kier molecular flexibility index (Phi) is 9.58. The van der Waals surface area contributed by atoms with Crippen molar-refractivity contribution in [2.75, 3.05) is 6.61 Å². The van der Waals surface area contributed by atoms with Gasteiger partial charge in [0.05, 0.1) is 12.6 Å². The molecule has 3 amide bonds. The number of nitrogens with one attached hydrogen (secondary N) is 2. The molecular weight excluding hydrogens is 320 g/mol.